The number of nitrogens with one attached hydrogen (secondary N) is 1. The van der Waals surface area contributed by atoms with Crippen molar-refractivity contribution in [2.45, 2.75) is 12.5 Å². The molecule has 0 fully saturated rings. The second kappa shape index (κ2) is 4.50. The lowest BCUT2D eigenvalue weighted by atomic mass is 10.1. The smallest absolute Gasteiger partial charge is 0.309 e. The highest BCUT2D eigenvalue weighted by Crippen LogP contribution is 2.18. The molecule has 3 N–H and O–H groups in total. The highest BCUT2D eigenvalue weighted by molar-refractivity contribution is 6.06. The van der Waals surface area contributed by atoms with E-state index in [1.165, 1.54) is 0 Å². The fourth-order valence-corrected chi connectivity index (χ4v) is 2.07. The van der Waals surface area contributed by atoms with E-state index < -0.39 is 6.04 Å². The topological polar surface area (TPSA) is 68.1 Å². The van der Waals surface area contributed by atoms with Crippen LogP contribution in [0.2, 0.25) is 0 Å². The summed E-state index contributed by atoms with van der Waals surface area (Å²) in [5.41, 5.74) is 7.85. The van der Waals surface area contributed by atoms with Crippen LogP contribution in [0.3, 0.4) is 0 Å². The predicted molar refractivity (Wildman–Crippen MR) is 66.0 cm³/mol. The Balaban J connectivity index is 2.24. The van der Waals surface area contributed by atoms with E-state index in [9.17, 15) is 4.79 Å². The van der Waals surface area contributed by atoms with Gasteiger partial charge in [-0.1, -0.05) is 18.2 Å². The summed E-state index contributed by atoms with van der Waals surface area (Å²) in [6, 6.07) is 7.37. The zero-order valence-electron chi connectivity index (χ0n) is 9.07. The Kier molecular flexibility index (Phi) is 3.07. The molecule has 0 unspecified atom stereocenters. The van der Waals surface area contributed by atoms with Gasteiger partial charge >= 0.3 is 5.97 Å². The van der Waals surface area contributed by atoms with Crippen LogP contribution in [0.15, 0.2) is 30.5 Å². The minimum atomic E-state index is -0.572. The molecule has 0 aliphatic heterocycles. The molecule has 0 aliphatic rings. The Morgan fingerprint density at radius 2 is 2.25 bits per heavy atom. The first-order valence-corrected chi connectivity index (χ1v) is 5.92. The zero-order chi connectivity index (χ0) is 11.5. The van der Waals surface area contributed by atoms with E-state index in [2.05, 4.69) is 4.98 Å². The quantitative estimate of drug-likeness (QED) is 0.726. The van der Waals surface area contributed by atoms with Crippen LogP contribution in [-0.4, -0.2) is 27.5 Å². The summed E-state index contributed by atoms with van der Waals surface area (Å²) in [4.78, 5) is 14.4. The minimum Gasteiger partial charge on any atom is -0.528 e. The molecule has 1 atom stereocenters. The maximum absolute atomic E-state index is 11.3. The molecule has 0 saturated heterocycles. The van der Waals surface area contributed by atoms with Crippen LogP contribution in [0.25, 0.3) is 10.9 Å². The number of rotatable bonds is 3. The van der Waals surface area contributed by atoms with E-state index in [-0.39, 0.29) is 5.97 Å². The Morgan fingerprint density at radius 3 is 3.00 bits per heavy atom. The lowest BCUT2D eigenvalue weighted by Crippen LogP contribution is -2.33. The lowest BCUT2D eigenvalue weighted by molar-refractivity contribution is -0.135. The number of fused-ring (bicyclic) bond motifs is 1. The zero-order valence-corrected chi connectivity index (χ0v) is 11.1. The Hall–Kier alpha value is -1.59. The second-order valence-corrected chi connectivity index (χ2v) is 4.10. The van der Waals surface area contributed by atoms with Gasteiger partial charge in [0, 0.05) is 23.5 Å². The molecule has 1 aromatic carbocycles. The number of benzene rings is 1. The summed E-state index contributed by atoms with van der Waals surface area (Å²) in [6.07, 6.45) is 2.40. The molecule has 0 aliphatic carbocycles. The van der Waals surface area contributed by atoms with Gasteiger partial charge in [-0.2, -0.15) is 0 Å². The van der Waals surface area contributed by atoms with Crippen LogP contribution < -0.4 is 5.73 Å². The molecule has 0 saturated carbocycles. The highest BCUT2D eigenvalue weighted by atomic mass is 28.2. The molecule has 0 spiro atoms. The van der Waals surface area contributed by atoms with Gasteiger partial charge in [-0.3, -0.25) is 4.79 Å². The van der Waals surface area contributed by atoms with E-state index in [1.54, 1.807) is 0 Å². The lowest BCUT2D eigenvalue weighted by Gasteiger charge is -2.08. The molecule has 5 heteroatoms. The normalized spacial score (nSPS) is 12.8. The van der Waals surface area contributed by atoms with E-state index in [1.807, 2.05) is 30.5 Å². The van der Waals surface area contributed by atoms with Gasteiger partial charge in [-0.15, -0.1) is 0 Å². The van der Waals surface area contributed by atoms with E-state index >= 15 is 0 Å². The van der Waals surface area contributed by atoms with Crippen molar-refractivity contribution in [3.8, 4) is 0 Å². The molecule has 0 radical (unpaired) electrons. The van der Waals surface area contributed by atoms with Gasteiger partial charge in [0.25, 0.3) is 0 Å². The molecule has 4 nitrogen and oxygen atoms in total. The standard InChI is InChI=1S/C11H14N2O2Si/c12-9(11(14)15-16)5-7-6-13-10-4-2-1-3-8(7)10/h1-4,6,9,13H,5,12H2,16H3/t9-/m0/s1. The van der Waals surface area contributed by atoms with Gasteiger partial charge < -0.3 is 15.1 Å². The first kappa shape index (κ1) is 10.9. The van der Waals surface area contributed by atoms with Gasteiger partial charge in [0.05, 0.1) is 0 Å². The Labute approximate surface area is 96.3 Å². The third-order valence-corrected chi connectivity index (χ3v) is 3.02. The first-order valence-electron chi connectivity index (χ1n) is 5.11. The number of carbonyl (C=O) groups excluding carboxylic acids is 1. The average Bonchev–Trinajstić information content (AvgIpc) is 2.72. The Morgan fingerprint density at radius 1 is 1.50 bits per heavy atom. The summed E-state index contributed by atoms with van der Waals surface area (Å²) in [6.45, 7) is 0. The fourth-order valence-electron chi connectivity index (χ4n) is 1.77. The molecular formula is C11H14N2O2Si. The second-order valence-electron chi connectivity index (χ2n) is 3.69. The third-order valence-electron chi connectivity index (χ3n) is 2.62. The van der Waals surface area contributed by atoms with Crippen molar-refractivity contribution in [3.63, 3.8) is 0 Å². The summed E-state index contributed by atoms with van der Waals surface area (Å²) < 4.78 is 4.74. The van der Waals surface area contributed by atoms with Crippen molar-refractivity contribution < 1.29 is 9.22 Å². The summed E-state index contributed by atoms with van der Waals surface area (Å²) in [5.74, 6) is -0.322. The molecule has 2 rings (SSSR count). The van der Waals surface area contributed by atoms with Crippen molar-refractivity contribution in [2.75, 3.05) is 0 Å². The van der Waals surface area contributed by atoms with Gasteiger partial charge in [0.2, 0.25) is 10.5 Å². The number of carbonyl (C=O) groups is 1. The average molecular weight is 234 g/mol. The van der Waals surface area contributed by atoms with Gasteiger partial charge in [-0.25, -0.2) is 0 Å². The third kappa shape index (κ3) is 2.00. The largest absolute Gasteiger partial charge is 0.528 e. The maximum Gasteiger partial charge on any atom is 0.309 e. The maximum atomic E-state index is 11.3. The summed E-state index contributed by atoms with van der Waals surface area (Å²) in [7, 11) is 0.391. The molecule has 0 bridgehead atoms. The summed E-state index contributed by atoms with van der Waals surface area (Å²) in [5, 5.41) is 1.11. The van der Waals surface area contributed by atoms with Crippen molar-refractivity contribution in [1.82, 2.24) is 4.98 Å². The van der Waals surface area contributed by atoms with Crippen LogP contribution in [0, 0.1) is 0 Å². The number of para-hydroxylation sites is 1. The van der Waals surface area contributed by atoms with E-state index in [4.69, 9.17) is 10.2 Å². The molecule has 0 amide bonds. The van der Waals surface area contributed by atoms with Crippen molar-refractivity contribution in [3.05, 3.63) is 36.0 Å². The SMILES string of the molecule is N[C@@H](Cc1c[nH]c2ccccc12)C(=O)O[SiH3]. The molecule has 2 aromatic rings. The Bertz CT molecular complexity index is 509. The number of aromatic nitrogens is 1. The van der Waals surface area contributed by atoms with Crippen LogP contribution in [0.5, 0.6) is 0 Å². The molecule has 1 heterocycles. The molecule has 84 valence electrons. The monoisotopic (exact) mass is 234 g/mol. The number of hydrogen-bond donors (Lipinski definition) is 2. The summed E-state index contributed by atoms with van der Waals surface area (Å²) >= 11 is 0. The van der Waals surface area contributed by atoms with E-state index in [0.717, 1.165) is 16.5 Å². The van der Waals surface area contributed by atoms with Crippen molar-refractivity contribution >= 4 is 27.4 Å². The van der Waals surface area contributed by atoms with Crippen molar-refractivity contribution in [2.24, 2.45) is 5.73 Å². The minimum absolute atomic E-state index is 0.322. The predicted octanol–water partition coefficient (Wildman–Crippen LogP) is -0.139. The molecule has 1 aromatic heterocycles. The highest BCUT2D eigenvalue weighted by Gasteiger charge is 2.15. The number of nitrogens with two attached hydrogens (primary N) is 1. The first-order chi connectivity index (χ1) is 7.72. The fraction of sp³-hybridized carbons (Fsp3) is 0.182. The van der Waals surface area contributed by atoms with Crippen LogP contribution in [0.1, 0.15) is 5.56 Å². The van der Waals surface area contributed by atoms with E-state index in [0.29, 0.717) is 16.9 Å². The number of hydrogen-bond acceptors (Lipinski definition) is 3. The van der Waals surface area contributed by atoms with Crippen LogP contribution in [0.4, 0.5) is 0 Å². The molecule has 16 heavy (non-hydrogen) atoms. The van der Waals surface area contributed by atoms with Gasteiger partial charge in [-0.05, 0) is 11.6 Å². The van der Waals surface area contributed by atoms with Crippen LogP contribution >= 0.6 is 0 Å². The molecular weight excluding hydrogens is 220 g/mol. The number of aromatic amines is 1. The van der Waals surface area contributed by atoms with Crippen LogP contribution in [-0.2, 0) is 15.6 Å². The van der Waals surface area contributed by atoms with Gasteiger partial charge in [0.15, 0.2) is 0 Å². The number of H-pyrrole nitrogens is 1. The van der Waals surface area contributed by atoms with Gasteiger partial charge in [0.1, 0.15) is 6.04 Å². The van der Waals surface area contributed by atoms with Crippen molar-refractivity contribution in [1.29, 1.82) is 0 Å².